The predicted octanol–water partition coefficient (Wildman–Crippen LogP) is -0.317. The molecule has 0 aromatic heterocycles. The number of hydrogen-bond donors (Lipinski definition) is 2. The zero-order valence-electron chi connectivity index (χ0n) is 4.83. The molecule has 0 bridgehead atoms. The van der Waals surface area contributed by atoms with Gasteiger partial charge in [-0.25, -0.2) is 0 Å². The van der Waals surface area contributed by atoms with Gasteiger partial charge in [-0.1, -0.05) is 0 Å². The van der Waals surface area contributed by atoms with Gasteiger partial charge in [-0.3, -0.25) is 9.11 Å². The molecule has 40 valence electrons. The average Bonchev–Trinajstić information content (AvgIpc) is 0.722. The Morgan fingerprint density at radius 2 is 1.50 bits per heavy atom. The minimum atomic E-state index is -4.67. The molecule has 0 atom stereocenters. The van der Waals surface area contributed by atoms with E-state index in [1.807, 2.05) is 0 Å². The molecule has 6 heteroatoms. The second kappa shape index (κ2) is 3.17. The van der Waals surface area contributed by atoms with Crippen molar-refractivity contribution in [3.63, 3.8) is 0 Å². The Hall–Kier alpha value is 1.13. The van der Waals surface area contributed by atoms with Crippen LogP contribution >= 0.6 is 0 Å². The Morgan fingerprint density at radius 1 is 1.50 bits per heavy atom. The minimum Gasteiger partial charge on any atom is -1.00 e. The zero-order chi connectivity index (χ0) is 4.50. The van der Waals surface area contributed by atoms with Crippen molar-refractivity contribution in [1.82, 2.24) is 0 Å². The quantitative estimate of drug-likeness (QED) is 0.361. The van der Waals surface area contributed by atoms with Crippen LogP contribution in [0.5, 0.6) is 0 Å². The standard InChI is InChI=1S/Ca.H2O4S.2H2.2H/c;1-5(2,3)4;;;;/h;(H2,1,2,3,4);2*1H;;/q+2;;;;2*-1. The van der Waals surface area contributed by atoms with Crippen LogP contribution in [0, 0.1) is 0 Å². The molecule has 0 saturated carbocycles. The third-order valence-electron chi connectivity index (χ3n) is 0. The largest absolute Gasteiger partial charge is 2.00 e. The van der Waals surface area contributed by atoms with Gasteiger partial charge in [0, 0.05) is 2.85 Å². The maximum atomic E-state index is 8.74. The van der Waals surface area contributed by atoms with E-state index in [0.29, 0.717) is 0 Å². The first-order valence-corrected chi connectivity index (χ1v) is 2.10. The Balaban J connectivity index is -0.00000000800. The summed E-state index contributed by atoms with van der Waals surface area (Å²) in [7, 11) is -4.67. The van der Waals surface area contributed by atoms with E-state index in [4.69, 9.17) is 17.5 Å². The molecule has 2 N–H and O–H groups in total. The Bertz CT molecular complexity index is 100. The van der Waals surface area contributed by atoms with Crippen molar-refractivity contribution in [3.8, 4) is 0 Å². The first-order chi connectivity index (χ1) is 2.00. The van der Waals surface area contributed by atoms with Crippen LogP contribution in [0.25, 0.3) is 0 Å². The summed E-state index contributed by atoms with van der Waals surface area (Å²) in [4.78, 5) is 0. The maximum absolute atomic E-state index is 8.74. The molecule has 0 heterocycles. The van der Waals surface area contributed by atoms with Crippen LogP contribution in [-0.2, 0) is 10.4 Å². The Kier molecular flexibility index (Phi) is 5.38. The summed E-state index contributed by atoms with van der Waals surface area (Å²) < 4.78 is 31.6. The van der Waals surface area contributed by atoms with E-state index in [-0.39, 0.29) is 43.4 Å². The summed E-state index contributed by atoms with van der Waals surface area (Å²) in [5.41, 5.74) is 0. The van der Waals surface area contributed by atoms with E-state index >= 15 is 0 Å². The molecular weight excluding hydrogens is 136 g/mol. The second-order valence-electron chi connectivity index (χ2n) is 0.448. The molecule has 4 nitrogen and oxygen atoms in total. The van der Waals surface area contributed by atoms with Crippen molar-refractivity contribution < 1.29 is 23.2 Å². The smallest absolute Gasteiger partial charge is 1.00 e. The average molecular weight is 144 g/mol. The summed E-state index contributed by atoms with van der Waals surface area (Å²) in [5, 5.41) is 0. The number of hydrogen-bond acceptors (Lipinski definition) is 2. The van der Waals surface area contributed by atoms with Crippen LogP contribution in [-0.4, -0.2) is 55.3 Å². The third kappa shape index (κ3) is 68.5. The van der Waals surface area contributed by atoms with E-state index < -0.39 is 10.4 Å². The molecule has 0 aliphatic rings. The molecule has 0 aromatic rings. The van der Waals surface area contributed by atoms with E-state index in [1.54, 1.807) is 0 Å². The van der Waals surface area contributed by atoms with Crippen LogP contribution in [0.4, 0.5) is 0 Å². The fourth-order valence-corrected chi connectivity index (χ4v) is 0. The van der Waals surface area contributed by atoms with Gasteiger partial charge in [0.25, 0.3) is 0 Å². The van der Waals surface area contributed by atoms with Gasteiger partial charge in [-0.15, -0.1) is 0 Å². The maximum Gasteiger partial charge on any atom is 2.00 e. The summed E-state index contributed by atoms with van der Waals surface area (Å²) >= 11 is 0. The summed E-state index contributed by atoms with van der Waals surface area (Å²) in [6.07, 6.45) is 0. The molecule has 0 radical (unpaired) electrons. The van der Waals surface area contributed by atoms with Gasteiger partial charge < -0.3 is 2.85 Å². The third-order valence-corrected chi connectivity index (χ3v) is 0. The van der Waals surface area contributed by atoms with Gasteiger partial charge in [0.15, 0.2) is 0 Å². The Labute approximate surface area is 71.1 Å². The predicted molar refractivity (Wildman–Crippen MR) is 26.4 cm³/mol. The van der Waals surface area contributed by atoms with E-state index in [0.717, 1.165) is 0 Å². The summed E-state index contributed by atoms with van der Waals surface area (Å²) in [6.45, 7) is 0. The molecule has 0 unspecified atom stereocenters. The van der Waals surface area contributed by atoms with Gasteiger partial charge in [0.2, 0.25) is 0 Å². The second-order valence-corrected chi connectivity index (χ2v) is 1.34. The van der Waals surface area contributed by atoms with Crippen molar-refractivity contribution in [2.75, 3.05) is 0 Å². The van der Waals surface area contributed by atoms with Crippen LogP contribution in [0.1, 0.15) is 5.71 Å². The zero-order valence-corrected chi connectivity index (χ0v) is 5.85. The molecule has 0 saturated heterocycles. The number of rotatable bonds is 0. The normalized spacial score (nSPS) is 9.67. The van der Waals surface area contributed by atoms with Gasteiger partial charge >= 0.3 is 48.1 Å². The molecular formula is H8CaO4S. The van der Waals surface area contributed by atoms with Gasteiger partial charge in [-0.2, -0.15) is 8.42 Å². The van der Waals surface area contributed by atoms with Gasteiger partial charge in [-0.05, 0) is 0 Å². The van der Waals surface area contributed by atoms with Crippen molar-refractivity contribution in [2.45, 2.75) is 0 Å². The first kappa shape index (κ1) is 10.2. The van der Waals surface area contributed by atoms with Crippen LogP contribution in [0.3, 0.4) is 0 Å². The fraction of sp³-hybridized carbons (Fsp3) is 0. The molecule has 0 spiro atoms. The molecule has 0 amide bonds. The molecule has 0 rings (SSSR count). The van der Waals surface area contributed by atoms with Crippen LogP contribution < -0.4 is 0 Å². The van der Waals surface area contributed by atoms with Crippen molar-refractivity contribution >= 4 is 48.1 Å². The molecule has 6 heavy (non-hydrogen) atoms. The molecule has 0 aliphatic heterocycles. The van der Waals surface area contributed by atoms with Crippen LogP contribution in [0.15, 0.2) is 0 Å². The van der Waals surface area contributed by atoms with Crippen molar-refractivity contribution in [1.29, 1.82) is 0 Å². The van der Waals surface area contributed by atoms with Crippen molar-refractivity contribution in [3.05, 3.63) is 0 Å². The van der Waals surface area contributed by atoms with E-state index in [9.17, 15) is 0 Å². The van der Waals surface area contributed by atoms with E-state index in [1.165, 1.54) is 0 Å². The first-order valence-electron chi connectivity index (χ1n) is 0.698. The molecule has 0 aliphatic carbocycles. The van der Waals surface area contributed by atoms with Gasteiger partial charge in [0.1, 0.15) is 0 Å². The SMILES string of the molecule is O=S(=O)(O)O.[Ca+2].[H-].[H-].[HH].[HH]. The van der Waals surface area contributed by atoms with E-state index in [2.05, 4.69) is 0 Å². The Morgan fingerprint density at radius 3 is 1.50 bits per heavy atom. The molecule has 0 fully saturated rings. The summed E-state index contributed by atoms with van der Waals surface area (Å²) in [6, 6.07) is 0. The fourth-order valence-electron chi connectivity index (χ4n) is 0. The van der Waals surface area contributed by atoms with Crippen molar-refractivity contribution in [2.24, 2.45) is 0 Å². The monoisotopic (exact) mass is 144 g/mol. The molecule has 0 aromatic carbocycles. The summed E-state index contributed by atoms with van der Waals surface area (Å²) in [5.74, 6) is 0. The topological polar surface area (TPSA) is 74.6 Å². The van der Waals surface area contributed by atoms with Crippen LogP contribution in [0.2, 0.25) is 0 Å². The van der Waals surface area contributed by atoms with Gasteiger partial charge in [0.05, 0.1) is 0 Å². The minimum absolute atomic E-state index is 0.